The van der Waals surface area contributed by atoms with E-state index >= 15 is 0 Å². The van der Waals surface area contributed by atoms with Crippen molar-refractivity contribution in [2.75, 3.05) is 6.61 Å². The van der Waals surface area contributed by atoms with Gasteiger partial charge < -0.3 is 4.74 Å². The van der Waals surface area contributed by atoms with Crippen LogP contribution in [0, 0.1) is 10.8 Å². The zero-order valence-electron chi connectivity index (χ0n) is 24.3. The Hall–Kier alpha value is -1.42. The molecule has 0 aliphatic carbocycles. The maximum atomic E-state index is 6.29. The fraction of sp³-hybridized carbons (Fsp3) is 0.800. The number of hydrogen-bond acceptors (Lipinski definition) is 3. The summed E-state index contributed by atoms with van der Waals surface area (Å²) in [6.45, 7) is 24.4. The first kappa shape index (κ1) is 30.6. The van der Waals surface area contributed by atoms with Crippen molar-refractivity contribution in [2.45, 2.75) is 139 Å². The molecule has 34 heavy (non-hydrogen) atoms. The van der Waals surface area contributed by atoms with Crippen molar-refractivity contribution in [1.29, 1.82) is 0 Å². The summed E-state index contributed by atoms with van der Waals surface area (Å²) in [5, 5.41) is 8.77. The third-order valence-corrected chi connectivity index (χ3v) is 6.24. The molecule has 196 valence electrons. The quantitative estimate of drug-likeness (QED) is 0.225. The van der Waals surface area contributed by atoms with E-state index in [9.17, 15) is 0 Å². The summed E-state index contributed by atoms with van der Waals surface area (Å²) in [5.74, 6) is 0. The van der Waals surface area contributed by atoms with Crippen molar-refractivity contribution in [3.05, 3.63) is 35.2 Å². The average molecular weight is 474 g/mol. The first-order valence-corrected chi connectivity index (χ1v) is 13.6. The van der Waals surface area contributed by atoms with Crippen molar-refractivity contribution < 1.29 is 4.74 Å². The second-order valence-corrected chi connectivity index (χ2v) is 12.9. The maximum absolute atomic E-state index is 6.29. The molecule has 0 spiro atoms. The van der Waals surface area contributed by atoms with Gasteiger partial charge in [0.15, 0.2) is 0 Å². The summed E-state index contributed by atoms with van der Waals surface area (Å²) in [6.07, 6.45) is 16.9. The van der Waals surface area contributed by atoms with Gasteiger partial charge in [0, 0.05) is 25.8 Å². The second kappa shape index (κ2) is 14.2. The van der Waals surface area contributed by atoms with Crippen LogP contribution < -0.4 is 0 Å². The minimum atomic E-state index is -0.234. The lowest BCUT2D eigenvalue weighted by Crippen LogP contribution is -2.30. The lowest BCUT2D eigenvalue weighted by Gasteiger charge is -2.34. The van der Waals surface area contributed by atoms with Gasteiger partial charge >= 0.3 is 0 Å². The number of nitrogens with zero attached hydrogens (tertiary/aromatic N) is 3. The fourth-order valence-electron chi connectivity index (χ4n) is 4.80. The van der Waals surface area contributed by atoms with Crippen LogP contribution in [0.2, 0.25) is 0 Å². The van der Waals surface area contributed by atoms with Crippen molar-refractivity contribution in [3.8, 4) is 0 Å². The van der Waals surface area contributed by atoms with Crippen LogP contribution in [0.5, 0.6) is 0 Å². The Balaban J connectivity index is 2.38. The van der Waals surface area contributed by atoms with E-state index in [-0.39, 0.29) is 11.0 Å². The van der Waals surface area contributed by atoms with Crippen LogP contribution in [-0.2, 0) is 17.7 Å². The van der Waals surface area contributed by atoms with E-state index in [4.69, 9.17) is 4.74 Å². The van der Waals surface area contributed by atoms with Gasteiger partial charge in [-0.25, -0.2) is 0 Å². The molecule has 0 bridgehead atoms. The Morgan fingerprint density at radius 3 is 2.26 bits per heavy atom. The van der Waals surface area contributed by atoms with Crippen LogP contribution in [0.25, 0.3) is 0 Å². The van der Waals surface area contributed by atoms with Crippen LogP contribution in [0.4, 0.5) is 0 Å². The molecule has 0 saturated heterocycles. The summed E-state index contributed by atoms with van der Waals surface area (Å²) in [6, 6.07) is 0. The topological polar surface area (TPSA) is 39.9 Å². The molecule has 0 aliphatic rings. The predicted molar refractivity (Wildman–Crippen MR) is 147 cm³/mol. The Kier molecular flexibility index (Phi) is 12.8. The SMILES string of the molecule is CCC/C=C(\C)CC/C=C(\C)CCCn1cc(CC(C)(C)OCCC(C)(C)CC(C)(C)C)nn1. The Morgan fingerprint density at radius 2 is 1.62 bits per heavy atom. The molecule has 0 N–H and O–H groups in total. The van der Waals surface area contributed by atoms with Crippen LogP contribution in [0.3, 0.4) is 0 Å². The van der Waals surface area contributed by atoms with Crippen molar-refractivity contribution >= 4 is 0 Å². The number of rotatable bonds is 16. The molecular formula is C30H55N3O. The largest absolute Gasteiger partial charge is 0.375 e. The van der Waals surface area contributed by atoms with Gasteiger partial charge in [-0.1, -0.05) is 76.5 Å². The highest BCUT2D eigenvalue weighted by atomic mass is 16.5. The van der Waals surface area contributed by atoms with Gasteiger partial charge in [0.05, 0.1) is 11.3 Å². The van der Waals surface area contributed by atoms with Gasteiger partial charge in [0.1, 0.15) is 0 Å². The molecule has 0 radical (unpaired) electrons. The van der Waals surface area contributed by atoms with Crippen molar-refractivity contribution in [1.82, 2.24) is 15.0 Å². The molecule has 1 rings (SSSR count). The van der Waals surface area contributed by atoms with Crippen LogP contribution >= 0.6 is 0 Å². The standard InChI is InChI=1S/C30H55N3O/c1-11-12-15-25(2)16-13-17-26(3)18-14-20-33-23-27(31-32-33)22-30(9,10)34-21-19-29(7,8)24-28(4,5)6/h15,17,23H,11-14,16,18-22,24H2,1-10H3/b25-15+,26-17+. The molecule has 4 heteroatoms. The number of aryl methyl sites for hydroxylation is 1. The zero-order chi connectivity index (χ0) is 25.8. The average Bonchev–Trinajstić information content (AvgIpc) is 3.10. The van der Waals surface area contributed by atoms with Gasteiger partial charge in [0.25, 0.3) is 0 Å². The minimum Gasteiger partial charge on any atom is -0.375 e. The second-order valence-electron chi connectivity index (χ2n) is 12.9. The highest BCUT2D eigenvalue weighted by molar-refractivity contribution is 5.03. The maximum Gasteiger partial charge on any atom is 0.0855 e. The number of ether oxygens (including phenoxy) is 1. The molecule has 4 nitrogen and oxygen atoms in total. The van der Waals surface area contributed by atoms with Gasteiger partial charge in [-0.15, -0.1) is 5.10 Å². The van der Waals surface area contributed by atoms with Crippen molar-refractivity contribution in [2.24, 2.45) is 10.8 Å². The summed E-state index contributed by atoms with van der Waals surface area (Å²) < 4.78 is 8.28. The van der Waals surface area contributed by atoms with E-state index in [2.05, 4.69) is 97.9 Å². The number of allylic oxidation sites excluding steroid dienone is 4. The molecule has 0 aromatic carbocycles. The molecule has 0 saturated carbocycles. The highest BCUT2D eigenvalue weighted by Crippen LogP contribution is 2.36. The normalized spacial score (nSPS) is 14.2. The van der Waals surface area contributed by atoms with Gasteiger partial charge in [0.2, 0.25) is 0 Å². The first-order valence-electron chi connectivity index (χ1n) is 13.6. The molecule has 1 aromatic heterocycles. The Bertz CT molecular complexity index is 762. The van der Waals surface area contributed by atoms with Crippen LogP contribution in [0.1, 0.15) is 126 Å². The summed E-state index contributed by atoms with van der Waals surface area (Å²) in [7, 11) is 0. The third kappa shape index (κ3) is 14.8. The third-order valence-electron chi connectivity index (χ3n) is 6.24. The number of unbranched alkanes of at least 4 members (excludes halogenated alkanes) is 1. The molecular weight excluding hydrogens is 418 g/mol. The molecule has 0 amide bonds. The molecule has 0 fully saturated rings. The monoisotopic (exact) mass is 473 g/mol. The number of aromatic nitrogens is 3. The zero-order valence-corrected chi connectivity index (χ0v) is 24.3. The van der Waals surface area contributed by atoms with Gasteiger partial charge in [-0.05, 0) is 83.5 Å². The molecule has 1 heterocycles. The summed E-state index contributed by atoms with van der Waals surface area (Å²) in [5.41, 5.74) is 4.40. The van der Waals surface area contributed by atoms with Crippen LogP contribution in [0.15, 0.2) is 29.5 Å². The predicted octanol–water partition coefficient (Wildman–Crippen LogP) is 8.72. The molecule has 1 aromatic rings. The van der Waals surface area contributed by atoms with Gasteiger partial charge in [-0.3, -0.25) is 4.68 Å². The van der Waals surface area contributed by atoms with E-state index in [1.54, 1.807) is 0 Å². The van der Waals surface area contributed by atoms with Gasteiger partial charge in [-0.2, -0.15) is 0 Å². The van der Waals surface area contributed by atoms with E-state index in [0.29, 0.717) is 5.41 Å². The number of hydrogen-bond donors (Lipinski definition) is 0. The minimum absolute atomic E-state index is 0.234. The summed E-state index contributed by atoms with van der Waals surface area (Å²) in [4.78, 5) is 0. The first-order chi connectivity index (χ1) is 15.7. The smallest absolute Gasteiger partial charge is 0.0855 e. The Labute approximate surface area is 211 Å². The summed E-state index contributed by atoms with van der Waals surface area (Å²) >= 11 is 0. The van der Waals surface area contributed by atoms with Crippen molar-refractivity contribution in [3.63, 3.8) is 0 Å². The molecule has 0 atom stereocenters. The molecule has 0 aliphatic heterocycles. The van der Waals surface area contributed by atoms with E-state index in [1.165, 1.54) is 36.8 Å². The van der Waals surface area contributed by atoms with Crippen LogP contribution in [-0.4, -0.2) is 27.2 Å². The van der Waals surface area contributed by atoms with E-state index in [0.717, 1.165) is 50.9 Å². The lowest BCUT2D eigenvalue weighted by atomic mass is 9.74. The molecule has 0 unspecified atom stereocenters. The lowest BCUT2D eigenvalue weighted by molar-refractivity contribution is -0.0319. The van der Waals surface area contributed by atoms with E-state index < -0.39 is 0 Å². The van der Waals surface area contributed by atoms with E-state index in [1.807, 2.05) is 4.68 Å². The fourth-order valence-corrected chi connectivity index (χ4v) is 4.80. The highest BCUT2D eigenvalue weighted by Gasteiger charge is 2.27. The Morgan fingerprint density at radius 1 is 0.971 bits per heavy atom.